The van der Waals surface area contributed by atoms with E-state index >= 15 is 0 Å². The van der Waals surface area contributed by atoms with Crippen molar-refractivity contribution in [2.24, 2.45) is 5.92 Å². The Bertz CT molecular complexity index is 1260. The van der Waals surface area contributed by atoms with Crippen molar-refractivity contribution in [2.75, 3.05) is 27.0 Å². The van der Waals surface area contributed by atoms with E-state index in [-0.39, 0.29) is 24.5 Å². The minimum atomic E-state index is -0.428. The van der Waals surface area contributed by atoms with Gasteiger partial charge in [-0.15, -0.1) is 0 Å². The Hall–Kier alpha value is -3.71. The second kappa shape index (κ2) is 9.88. The molecule has 0 aliphatic carbocycles. The van der Waals surface area contributed by atoms with Crippen LogP contribution in [0.1, 0.15) is 27.4 Å². The summed E-state index contributed by atoms with van der Waals surface area (Å²) in [7, 11) is 1.61. The number of hydrogen-bond acceptors (Lipinski definition) is 5. The van der Waals surface area contributed by atoms with Crippen molar-refractivity contribution in [2.45, 2.75) is 12.5 Å². The fraction of sp³-hybridized carbons (Fsp3) is 0.259. The number of carbonyl (C=O) groups is 2. The third-order valence-electron chi connectivity index (χ3n) is 6.47. The summed E-state index contributed by atoms with van der Waals surface area (Å²) in [6.45, 7) is 1.23. The number of rotatable bonds is 6. The van der Waals surface area contributed by atoms with Gasteiger partial charge in [0, 0.05) is 25.6 Å². The van der Waals surface area contributed by atoms with Crippen molar-refractivity contribution in [1.82, 2.24) is 10.2 Å². The van der Waals surface area contributed by atoms with Crippen LogP contribution < -0.4 is 19.5 Å². The predicted octanol–water partition coefficient (Wildman–Crippen LogP) is 4.25. The summed E-state index contributed by atoms with van der Waals surface area (Å²) in [5, 5.41) is 3.44. The zero-order chi connectivity index (χ0) is 24.4. The minimum Gasteiger partial charge on any atom is -0.497 e. The second-order valence-corrected chi connectivity index (χ2v) is 8.99. The van der Waals surface area contributed by atoms with Crippen LogP contribution in [-0.4, -0.2) is 43.7 Å². The lowest BCUT2D eigenvalue weighted by Crippen LogP contribution is -2.35. The van der Waals surface area contributed by atoms with E-state index in [1.54, 1.807) is 36.3 Å². The molecule has 2 amide bonds. The molecular formula is C27H25ClN2O5. The molecule has 2 atom stereocenters. The summed E-state index contributed by atoms with van der Waals surface area (Å²) in [6.07, 6.45) is 0. The van der Waals surface area contributed by atoms with E-state index < -0.39 is 5.92 Å². The first-order valence-electron chi connectivity index (χ1n) is 11.4. The molecule has 1 fully saturated rings. The Morgan fingerprint density at radius 3 is 2.69 bits per heavy atom. The molecule has 1 N–H and O–H groups in total. The number of benzene rings is 3. The largest absolute Gasteiger partial charge is 0.497 e. The van der Waals surface area contributed by atoms with Crippen molar-refractivity contribution in [3.63, 3.8) is 0 Å². The van der Waals surface area contributed by atoms with Gasteiger partial charge in [0.25, 0.3) is 5.91 Å². The maximum atomic E-state index is 13.4. The van der Waals surface area contributed by atoms with Crippen LogP contribution in [0.3, 0.4) is 0 Å². The molecule has 2 unspecified atom stereocenters. The average Bonchev–Trinajstić information content (AvgIpc) is 3.54. The molecule has 180 valence electrons. The van der Waals surface area contributed by atoms with Crippen LogP contribution in [0.5, 0.6) is 17.2 Å². The zero-order valence-corrected chi connectivity index (χ0v) is 20.0. The molecule has 5 rings (SSSR count). The van der Waals surface area contributed by atoms with E-state index in [1.165, 1.54) is 0 Å². The molecule has 8 heteroatoms. The van der Waals surface area contributed by atoms with E-state index in [0.29, 0.717) is 47.5 Å². The Morgan fingerprint density at radius 1 is 1.03 bits per heavy atom. The van der Waals surface area contributed by atoms with Gasteiger partial charge in [0.1, 0.15) is 5.75 Å². The third kappa shape index (κ3) is 4.77. The number of carbonyl (C=O) groups excluding carboxylic acids is 2. The molecule has 0 saturated carbocycles. The number of nitrogens with zero attached hydrogens (tertiary/aromatic N) is 1. The first-order valence-corrected chi connectivity index (χ1v) is 11.8. The molecule has 2 aliphatic rings. The van der Waals surface area contributed by atoms with Crippen LogP contribution in [0.15, 0.2) is 66.7 Å². The number of fused-ring (bicyclic) bond motifs is 1. The number of hydrogen-bond donors (Lipinski definition) is 1. The molecule has 0 bridgehead atoms. The average molecular weight is 493 g/mol. The van der Waals surface area contributed by atoms with Crippen molar-refractivity contribution in [3.8, 4) is 17.2 Å². The summed E-state index contributed by atoms with van der Waals surface area (Å²) < 4.78 is 16.2. The monoisotopic (exact) mass is 492 g/mol. The van der Waals surface area contributed by atoms with Crippen LogP contribution in [0.2, 0.25) is 5.02 Å². The number of halogens is 1. The zero-order valence-electron chi connectivity index (χ0n) is 19.2. The summed E-state index contributed by atoms with van der Waals surface area (Å²) in [5.74, 6) is 1.15. The van der Waals surface area contributed by atoms with Crippen molar-refractivity contribution in [1.29, 1.82) is 0 Å². The highest BCUT2D eigenvalue weighted by molar-refractivity contribution is 6.33. The van der Waals surface area contributed by atoms with E-state index in [4.69, 9.17) is 25.8 Å². The highest BCUT2D eigenvalue weighted by atomic mass is 35.5. The molecule has 2 heterocycles. The Balaban J connectivity index is 1.36. The van der Waals surface area contributed by atoms with Gasteiger partial charge in [-0.3, -0.25) is 9.59 Å². The lowest BCUT2D eigenvalue weighted by molar-refractivity contribution is -0.125. The number of amides is 2. The van der Waals surface area contributed by atoms with Crippen molar-refractivity contribution < 1.29 is 23.8 Å². The lowest BCUT2D eigenvalue weighted by atomic mass is 9.88. The molecule has 3 aromatic carbocycles. The molecule has 0 radical (unpaired) electrons. The maximum Gasteiger partial charge on any atom is 0.255 e. The summed E-state index contributed by atoms with van der Waals surface area (Å²) in [6, 6.07) is 20.2. The van der Waals surface area contributed by atoms with Crippen LogP contribution in [0, 0.1) is 5.92 Å². The number of likely N-dealkylation sites (tertiary alicyclic amines) is 1. The van der Waals surface area contributed by atoms with Gasteiger partial charge in [0.15, 0.2) is 11.5 Å². The van der Waals surface area contributed by atoms with Crippen LogP contribution >= 0.6 is 11.6 Å². The summed E-state index contributed by atoms with van der Waals surface area (Å²) in [4.78, 5) is 28.4. The van der Waals surface area contributed by atoms with Gasteiger partial charge in [-0.25, -0.2) is 0 Å². The van der Waals surface area contributed by atoms with Gasteiger partial charge in [0.2, 0.25) is 12.7 Å². The molecule has 1 saturated heterocycles. The first kappa shape index (κ1) is 23.1. The molecule has 0 aromatic heterocycles. The summed E-state index contributed by atoms with van der Waals surface area (Å²) in [5.41, 5.74) is 2.28. The van der Waals surface area contributed by atoms with Gasteiger partial charge in [-0.2, -0.15) is 0 Å². The quantitative estimate of drug-likeness (QED) is 0.556. The van der Waals surface area contributed by atoms with Crippen LogP contribution in [0.25, 0.3) is 0 Å². The molecular weight excluding hydrogens is 468 g/mol. The Morgan fingerprint density at radius 2 is 1.86 bits per heavy atom. The van der Waals surface area contributed by atoms with Gasteiger partial charge in [-0.1, -0.05) is 41.9 Å². The molecule has 2 aliphatic heterocycles. The number of ether oxygens (including phenoxy) is 3. The number of nitrogens with one attached hydrogen (secondary N) is 1. The van der Waals surface area contributed by atoms with E-state index in [9.17, 15) is 9.59 Å². The van der Waals surface area contributed by atoms with Gasteiger partial charge >= 0.3 is 0 Å². The Kier molecular flexibility index (Phi) is 6.51. The highest BCUT2D eigenvalue weighted by Gasteiger charge is 2.41. The fourth-order valence-corrected chi connectivity index (χ4v) is 4.84. The first-order chi connectivity index (χ1) is 17.0. The fourth-order valence-electron chi connectivity index (χ4n) is 4.62. The Labute approximate surface area is 208 Å². The van der Waals surface area contributed by atoms with Gasteiger partial charge in [0.05, 0.1) is 23.6 Å². The number of methoxy groups -OCH3 is 1. The lowest BCUT2D eigenvalue weighted by Gasteiger charge is -2.19. The topological polar surface area (TPSA) is 77.1 Å². The van der Waals surface area contributed by atoms with Crippen LogP contribution in [-0.2, 0) is 11.3 Å². The normalized spacial score (nSPS) is 18.4. The minimum absolute atomic E-state index is 0.120. The molecule has 35 heavy (non-hydrogen) atoms. The SMILES string of the molecule is COc1cccc(C2CN(C(=O)c3ccccc3Cl)CC2C(=O)NCc2ccc3c(c2)OCO3)c1. The van der Waals surface area contributed by atoms with E-state index in [1.807, 2.05) is 42.5 Å². The standard InChI is InChI=1S/C27H25ClN2O5/c1-33-19-6-4-5-18(12-19)21-14-30(27(32)20-7-2-3-8-23(20)28)15-22(21)26(31)29-13-17-9-10-24-25(11-17)35-16-34-24/h2-12,21-22H,13-16H2,1H3,(H,29,31). The van der Waals surface area contributed by atoms with E-state index in [0.717, 1.165) is 11.1 Å². The van der Waals surface area contributed by atoms with Crippen molar-refractivity contribution in [3.05, 3.63) is 88.4 Å². The van der Waals surface area contributed by atoms with Gasteiger partial charge < -0.3 is 24.4 Å². The summed E-state index contributed by atoms with van der Waals surface area (Å²) >= 11 is 6.28. The molecule has 0 spiro atoms. The van der Waals surface area contributed by atoms with Gasteiger partial charge in [-0.05, 0) is 47.5 Å². The molecule has 7 nitrogen and oxygen atoms in total. The van der Waals surface area contributed by atoms with E-state index in [2.05, 4.69) is 5.32 Å². The maximum absolute atomic E-state index is 13.4. The van der Waals surface area contributed by atoms with Crippen molar-refractivity contribution >= 4 is 23.4 Å². The third-order valence-corrected chi connectivity index (χ3v) is 6.80. The van der Waals surface area contributed by atoms with Crippen LogP contribution in [0.4, 0.5) is 0 Å². The highest BCUT2D eigenvalue weighted by Crippen LogP contribution is 2.36. The predicted molar refractivity (Wildman–Crippen MR) is 131 cm³/mol. The second-order valence-electron chi connectivity index (χ2n) is 8.58. The molecule has 3 aromatic rings. The smallest absolute Gasteiger partial charge is 0.255 e.